The van der Waals surface area contributed by atoms with Crippen LogP contribution < -0.4 is 18.9 Å². The van der Waals surface area contributed by atoms with Crippen molar-refractivity contribution in [3.8, 4) is 23.0 Å². The van der Waals surface area contributed by atoms with Gasteiger partial charge in [0, 0.05) is 5.56 Å². The highest BCUT2D eigenvalue weighted by molar-refractivity contribution is 5.89. The molecule has 0 fully saturated rings. The van der Waals surface area contributed by atoms with Gasteiger partial charge in [0.1, 0.15) is 0 Å². The van der Waals surface area contributed by atoms with Crippen molar-refractivity contribution in [1.82, 2.24) is 0 Å². The zero-order valence-electron chi connectivity index (χ0n) is 13.7. The summed E-state index contributed by atoms with van der Waals surface area (Å²) in [6.45, 7) is 5.06. The lowest BCUT2D eigenvalue weighted by Crippen LogP contribution is -2.13. The Morgan fingerprint density at radius 2 is 1.62 bits per heavy atom. The van der Waals surface area contributed by atoms with Crippen molar-refractivity contribution in [1.29, 1.82) is 0 Å². The van der Waals surface area contributed by atoms with Crippen LogP contribution >= 0.6 is 0 Å². The summed E-state index contributed by atoms with van der Waals surface area (Å²) in [7, 11) is 0. The third kappa shape index (κ3) is 1.86. The van der Waals surface area contributed by atoms with E-state index >= 15 is 0 Å². The van der Waals surface area contributed by atoms with Crippen LogP contribution in [-0.4, -0.2) is 13.6 Å². The average Bonchev–Trinajstić information content (AvgIpc) is 3.23. The van der Waals surface area contributed by atoms with E-state index in [9.17, 15) is 0 Å². The third-order valence-electron chi connectivity index (χ3n) is 5.20. The molecule has 0 saturated heterocycles. The van der Waals surface area contributed by atoms with Gasteiger partial charge in [-0.15, -0.1) is 0 Å². The SMILES string of the molecule is CC1=C(c2ccc3c(c2)OCO3)c2c(ccc3c2OCO3)CC1C. The molecule has 3 aliphatic rings. The normalized spacial score (nSPS) is 20.3. The Labute approximate surface area is 140 Å². The van der Waals surface area contributed by atoms with Crippen molar-refractivity contribution in [2.45, 2.75) is 20.3 Å². The van der Waals surface area contributed by atoms with Crippen LogP contribution in [0.4, 0.5) is 0 Å². The van der Waals surface area contributed by atoms with Crippen molar-refractivity contribution in [3.05, 3.63) is 52.6 Å². The molecule has 5 rings (SSSR count). The number of hydrogen-bond donors (Lipinski definition) is 0. The Morgan fingerprint density at radius 3 is 2.54 bits per heavy atom. The van der Waals surface area contributed by atoms with Crippen LogP contribution in [0.2, 0.25) is 0 Å². The molecule has 2 aromatic carbocycles. The molecule has 122 valence electrons. The Bertz CT molecular complexity index is 881. The van der Waals surface area contributed by atoms with E-state index in [-0.39, 0.29) is 13.6 Å². The van der Waals surface area contributed by atoms with Crippen LogP contribution in [0.15, 0.2) is 35.9 Å². The maximum Gasteiger partial charge on any atom is 0.231 e. The highest BCUT2D eigenvalue weighted by Crippen LogP contribution is 2.49. The molecule has 2 aliphatic heterocycles. The van der Waals surface area contributed by atoms with Crippen LogP contribution in [0.1, 0.15) is 30.5 Å². The summed E-state index contributed by atoms with van der Waals surface area (Å²) in [4.78, 5) is 0. The fourth-order valence-electron chi connectivity index (χ4n) is 3.81. The summed E-state index contributed by atoms with van der Waals surface area (Å²) in [5.41, 5.74) is 6.20. The number of ether oxygens (including phenoxy) is 4. The lowest BCUT2D eigenvalue weighted by Gasteiger charge is -2.28. The van der Waals surface area contributed by atoms with Crippen LogP contribution in [0.3, 0.4) is 0 Å². The van der Waals surface area contributed by atoms with Crippen molar-refractivity contribution in [3.63, 3.8) is 0 Å². The zero-order valence-corrected chi connectivity index (χ0v) is 13.7. The first-order valence-electron chi connectivity index (χ1n) is 8.25. The molecule has 0 spiro atoms. The molecule has 4 nitrogen and oxygen atoms in total. The van der Waals surface area contributed by atoms with E-state index in [2.05, 4.69) is 32.0 Å². The predicted octanol–water partition coefficient (Wildman–Crippen LogP) is 4.16. The van der Waals surface area contributed by atoms with Crippen LogP contribution in [-0.2, 0) is 6.42 Å². The van der Waals surface area contributed by atoms with E-state index in [1.165, 1.54) is 22.3 Å². The van der Waals surface area contributed by atoms with Gasteiger partial charge in [0.2, 0.25) is 13.6 Å². The number of rotatable bonds is 1. The van der Waals surface area contributed by atoms with Crippen molar-refractivity contribution in [2.24, 2.45) is 5.92 Å². The number of allylic oxidation sites excluding steroid dienone is 1. The second kappa shape index (κ2) is 4.94. The molecule has 1 unspecified atom stereocenters. The Morgan fingerprint density at radius 1 is 0.875 bits per heavy atom. The Kier molecular flexibility index (Phi) is 2.84. The smallest absolute Gasteiger partial charge is 0.231 e. The topological polar surface area (TPSA) is 36.9 Å². The molecule has 2 aromatic rings. The van der Waals surface area contributed by atoms with E-state index in [0.29, 0.717) is 5.92 Å². The van der Waals surface area contributed by atoms with Gasteiger partial charge in [-0.2, -0.15) is 0 Å². The predicted molar refractivity (Wildman–Crippen MR) is 89.7 cm³/mol. The lowest BCUT2D eigenvalue weighted by molar-refractivity contribution is 0.173. The summed E-state index contributed by atoms with van der Waals surface area (Å²) < 4.78 is 22.4. The Balaban J connectivity index is 1.75. The minimum Gasteiger partial charge on any atom is -0.454 e. The molecule has 0 saturated carbocycles. The van der Waals surface area contributed by atoms with E-state index in [1.54, 1.807) is 0 Å². The van der Waals surface area contributed by atoms with Crippen molar-refractivity contribution >= 4 is 5.57 Å². The van der Waals surface area contributed by atoms with Gasteiger partial charge in [-0.25, -0.2) is 0 Å². The van der Waals surface area contributed by atoms with Gasteiger partial charge in [0.15, 0.2) is 23.0 Å². The molecule has 0 aromatic heterocycles. The second-order valence-electron chi connectivity index (χ2n) is 6.56. The first-order valence-corrected chi connectivity index (χ1v) is 8.25. The summed E-state index contributed by atoms with van der Waals surface area (Å²) in [5.74, 6) is 3.79. The largest absolute Gasteiger partial charge is 0.454 e. The lowest BCUT2D eigenvalue weighted by atomic mass is 9.77. The molecule has 4 heteroatoms. The van der Waals surface area contributed by atoms with E-state index in [0.717, 1.165) is 35.0 Å². The molecule has 0 bridgehead atoms. The molecule has 0 radical (unpaired) electrons. The minimum absolute atomic E-state index is 0.287. The summed E-state index contributed by atoms with van der Waals surface area (Å²) in [6, 6.07) is 10.3. The summed E-state index contributed by atoms with van der Waals surface area (Å²) in [6.07, 6.45) is 1.02. The number of fused-ring (bicyclic) bond motifs is 4. The fourth-order valence-corrected chi connectivity index (χ4v) is 3.81. The first-order chi connectivity index (χ1) is 11.7. The van der Waals surface area contributed by atoms with Gasteiger partial charge in [-0.3, -0.25) is 0 Å². The monoisotopic (exact) mass is 322 g/mol. The molecule has 0 amide bonds. The van der Waals surface area contributed by atoms with Gasteiger partial charge >= 0.3 is 0 Å². The second-order valence-corrected chi connectivity index (χ2v) is 6.56. The van der Waals surface area contributed by atoms with Crippen LogP contribution in [0, 0.1) is 5.92 Å². The van der Waals surface area contributed by atoms with E-state index < -0.39 is 0 Å². The number of benzene rings is 2. The molecular weight excluding hydrogens is 304 g/mol. The first kappa shape index (κ1) is 13.8. The minimum atomic E-state index is 0.287. The van der Waals surface area contributed by atoms with Crippen molar-refractivity contribution in [2.75, 3.05) is 13.6 Å². The molecule has 0 N–H and O–H groups in total. The van der Waals surface area contributed by atoms with Gasteiger partial charge in [-0.05, 0) is 54.2 Å². The molecular formula is C20H18O4. The van der Waals surface area contributed by atoms with Gasteiger partial charge < -0.3 is 18.9 Å². The van der Waals surface area contributed by atoms with E-state index in [4.69, 9.17) is 18.9 Å². The summed E-state index contributed by atoms with van der Waals surface area (Å²) in [5, 5.41) is 0. The highest BCUT2D eigenvalue weighted by Gasteiger charge is 2.31. The quantitative estimate of drug-likeness (QED) is 0.790. The molecule has 2 heterocycles. The van der Waals surface area contributed by atoms with Gasteiger partial charge in [-0.1, -0.05) is 24.6 Å². The summed E-state index contributed by atoms with van der Waals surface area (Å²) >= 11 is 0. The Hall–Kier alpha value is -2.62. The third-order valence-corrected chi connectivity index (χ3v) is 5.20. The van der Waals surface area contributed by atoms with Gasteiger partial charge in [0.25, 0.3) is 0 Å². The standard InChI is InChI=1S/C20H18O4/c1-11-7-13-4-6-16-20(24-10-22-16)19(13)18(12(11)2)14-3-5-15-17(8-14)23-9-21-15/h3-6,8,11H,7,9-10H2,1-2H3. The maximum absolute atomic E-state index is 5.81. The molecule has 1 atom stereocenters. The fraction of sp³-hybridized carbons (Fsp3) is 0.300. The van der Waals surface area contributed by atoms with Crippen molar-refractivity contribution < 1.29 is 18.9 Å². The van der Waals surface area contributed by atoms with E-state index in [1.807, 2.05) is 12.1 Å². The van der Waals surface area contributed by atoms with Crippen LogP contribution in [0.5, 0.6) is 23.0 Å². The van der Waals surface area contributed by atoms with Crippen LogP contribution in [0.25, 0.3) is 5.57 Å². The molecule has 1 aliphatic carbocycles. The zero-order chi connectivity index (χ0) is 16.3. The average molecular weight is 322 g/mol. The highest BCUT2D eigenvalue weighted by atomic mass is 16.7. The maximum atomic E-state index is 5.81. The molecule has 24 heavy (non-hydrogen) atoms. The van der Waals surface area contributed by atoms with Gasteiger partial charge in [0.05, 0.1) is 0 Å². The number of hydrogen-bond acceptors (Lipinski definition) is 4.